The van der Waals surface area contributed by atoms with Gasteiger partial charge in [0.05, 0.1) is 16.1 Å². The van der Waals surface area contributed by atoms with Crippen LogP contribution in [0.3, 0.4) is 0 Å². The van der Waals surface area contributed by atoms with Gasteiger partial charge in [0.2, 0.25) is 5.91 Å². The van der Waals surface area contributed by atoms with E-state index >= 15 is 0 Å². The van der Waals surface area contributed by atoms with Crippen molar-refractivity contribution >= 4 is 29.2 Å². The fourth-order valence-electron chi connectivity index (χ4n) is 3.47. The maximum absolute atomic E-state index is 12.5. The van der Waals surface area contributed by atoms with E-state index in [0.717, 1.165) is 22.1 Å². The van der Waals surface area contributed by atoms with Crippen molar-refractivity contribution in [3.05, 3.63) is 88.1 Å². The van der Waals surface area contributed by atoms with Crippen LogP contribution >= 0.6 is 0 Å². The van der Waals surface area contributed by atoms with Gasteiger partial charge in [0.25, 0.3) is 17.5 Å². The highest BCUT2D eigenvalue weighted by atomic mass is 16.6. The molecule has 2 aromatic carbocycles. The summed E-state index contributed by atoms with van der Waals surface area (Å²) in [7, 11) is 0. The highest BCUT2D eigenvalue weighted by Crippen LogP contribution is 2.27. The number of anilines is 1. The van der Waals surface area contributed by atoms with E-state index in [4.69, 9.17) is 0 Å². The van der Waals surface area contributed by atoms with Gasteiger partial charge in [-0.05, 0) is 30.2 Å². The van der Waals surface area contributed by atoms with Crippen molar-refractivity contribution in [3.8, 4) is 11.1 Å². The van der Waals surface area contributed by atoms with Crippen molar-refractivity contribution in [1.82, 2.24) is 9.88 Å². The fourth-order valence-corrected chi connectivity index (χ4v) is 3.47. The van der Waals surface area contributed by atoms with Gasteiger partial charge >= 0.3 is 0 Å². The third-order valence-electron chi connectivity index (χ3n) is 5.09. The minimum Gasteiger partial charge on any atom is -0.311 e. The quantitative estimate of drug-likeness (QED) is 0.347. The van der Waals surface area contributed by atoms with Crippen molar-refractivity contribution in [2.24, 2.45) is 0 Å². The number of carbonyl (C=O) groups is 3. The highest BCUT2D eigenvalue weighted by molar-refractivity contribution is 6.21. The molecule has 1 aromatic heterocycles. The first kappa shape index (κ1) is 20.9. The molecule has 32 heavy (non-hydrogen) atoms. The molecule has 0 spiro atoms. The van der Waals surface area contributed by atoms with Crippen LogP contribution in [-0.4, -0.2) is 39.1 Å². The Bertz CT molecular complexity index is 1210. The SMILES string of the molecule is O=C(CCCN1C(=O)c2ccc([N+](=O)[O-])cc2C1=O)Nc1ccc(-c2ccccc2)cn1. The van der Waals surface area contributed by atoms with E-state index in [-0.39, 0.29) is 42.1 Å². The second-order valence-electron chi connectivity index (χ2n) is 7.20. The average molecular weight is 430 g/mol. The number of hydrogen-bond acceptors (Lipinski definition) is 6. The summed E-state index contributed by atoms with van der Waals surface area (Å²) in [5, 5.41) is 13.6. The van der Waals surface area contributed by atoms with Crippen LogP contribution in [0, 0.1) is 10.1 Å². The molecule has 9 heteroatoms. The van der Waals surface area contributed by atoms with Gasteiger partial charge in [-0.15, -0.1) is 0 Å². The van der Waals surface area contributed by atoms with Crippen molar-refractivity contribution in [2.45, 2.75) is 12.8 Å². The number of aromatic nitrogens is 1. The van der Waals surface area contributed by atoms with E-state index in [9.17, 15) is 24.5 Å². The van der Waals surface area contributed by atoms with Gasteiger partial charge < -0.3 is 5.32 Å². The molecule has 0 fully saturated rings. The summed E-state index contributed by atoms with van der Waals surface area (Å²) in [6, 6.07) is 16.9. The largest absolute Gasteiger partial charge is 0.311 e. The fraction of sp³-hybridized carbons (Fsp3) is 0.130. The van der Waals surface area contributed by atoms with Crippen LogP contribution in [-0.2, 0) is 4.79 Å². The van der Waals surface area contributed by atoms with E-state index in [2.05, 4.69) is 10.3 Å². The molecule has 1 aliphatic rings. The van der Waals surface area contributed by atoms with E-state index < -0.39 is 16.7 Å². The molecule has 2 heterocycles. The van der Waals surface area contributed by atoms with E-state index in [0.29, 0.717) is 5.82 Å². The van der Waals surface area contributed by atoms with Crippen molar-refractivity contribution in [2.75, 3.05) is 11.9 Å². The zero-order valence-electron chi connectivity index (χ0n) is 16.9. The number of hydrogen-bond donors (Lipinski definition) is 1. The van der Waals surface area contributed by atoms with Crippen LogP contribution in [0.4, 0.5) is 11.5 Å². The molecular formula is C23H18N4O5. The zero-order chi connectivity index (χ0) is 22.7. The van der Waals surface area contributed by atoms with Crippen LogP contribution in [0.2, 0.25) is 0 Å². The first-order valence-corrected chi connectivity index (χ1v) is 9.90. The Labute approximate surface area is 182 Å². The van der Waals surface area contributed by atoms with E-state index in [1.165, 1.54) is 12.1 Å². The molecule has 0 unspecified atom stereocenters. The molecular weight excluding hydrogens is 412 g/mol. The van der Waals surface area contributed by atoms with Gasteiger partial charge in [-0.3, -0.25) is 29.4 Å². The summed E-state index contributed by atoms with van der Waals surface area (Å²) in [4.78, 5) is 52.7. The molecule has 9 nitrogen and oxygen atoms in total. The average Bonchev–Trinajstić information content (AvgIpc) is 3.04. The molecule has 0 atom stereocenters. The van der Waals surface area contributed by atoms with Gasteiger partial charge in [-0.25, -0.2) is 4.98 Å². The van der Waals surface area contributed by atoms with Gasteiger partial charge in [-0.2, -0.15) is 0 Å². The standard InChI is InChI=1S/C23H18N4O5/c28-21(25-20-11-8-16(14-24-20)15-5-2-1-3-6-15)7-4-12-26-22(29)18-10-9-17(27(31)32)13-19(18)23(26)30/h1-3,5-6,8-11,13-14H,4,7,12H2,(H,24,25,28). The summed E-state index contributed by atoms with van der Waals surface area (Å²) >= 11 is 0. The molecule has 1 N–H and O–H groups in total. The van der Waals surface area contributed by atoms with Crippen LogP contribution in [0.5, 0.6) is 0 Å². The molecule has 160 valence electrons. The van der Waals surface area contributed by atoms with Crippen LogP contribution in [0.25, 0.3) is 11.1 Å². The van der Waals surface area contributed by atoms with Gasteiger partial charge in [-0.1, -0.05) is 30.3 Å². The summed E-state index contributed by atoms with van der Waals surface area (Å²) in [6.45, 7) is 0.0357. The highest BCUT2D eigenvalue weighted by Gasteiger charge is 2.36. The Kier molecular flexibility index (Phi) is 5.71. The molecule has 0 aliphatic carbocycles. The third kappa shape index (κ3) is 4.22. The molecule has 0 saturated heterocycles. The third-order valence-corrected chi connectivity index (χ3v) is 5.09. The van der Waals surface area contributed by atoms with E-state index in [1.807, 2.05) is 36.4 Å². The predicted molar refractivity (Wildman–Crippen MR) is 116 cm³/mol. The van der Waals surface area contributed by atoms with Gasteiger partial charge in [0, 0.05) is 36.9 Å². The second-order valence-corrected chi connectivity index (χ2v) is 7.20. The number of nitro groups is 1. The maximum Gasteiger partial charge on any atom is 0.270 e. The Hall–Kier alpha value is -4.40. The number of benzene rings is 2. The number of pyridine rings is 1. The number of nitrogens with one attached hydrogen (secondary N) is 1. The van der Waals surface area contributed by atoms with Crippen molar-refractivity contribution < 1.29 is 19.3 Å². The smallest absolute Gasteiger partial charge is 0.270 e. The monoisotopic (exact) mass is 430 g/mol. The second kappa shape index (κ2) is 8.76. The minimum atomic E-state index is -0.620. The summed E-state index contributed by atoms with van der Waals surface area (Å²) in [5.74, 6) is -0.995. The number of rotatable bonds is 7. The molecule has 3 aromatic rings. The van der Waals surface area contributed by atoms with Gasteiger partial charge in [0.1, 0.15) is 5.82 Å². The lowest BCUT2D eigenvalue weighted by molar-refractivity contribution is -0.384. The summed E-state index contributed by atoms with van der Waals surface area (Å²) in [6.07, 6.45) is 2.00. The first-order chi connectivity index (χ1) is 15.4. The van der Waals surface area contributed by atoms with E-state index in [1.54, 1.807) is 12.3 Å². The number of nitro benzene ring substituents is 1. The number of imide groups is 1. The van der Waals surface area contributed by atoms with Crippen molar-refractivity contribution in [1.29, 1.82) is 0 Å². The van der Waals surface area contributed by atoms with Crippen molar-refractivity contribution in [3.63, 3.8) is 0 Å². The molecule has 0 radical (unpaired) electrons. The lowest BCUT2D eigenvalue weighted by Crippen LogP contribution is -2.31. The Morgan fingerprint density at radius 1 is 0.969 bits per heavy atom. The normalized spacial score (nSPS) is 12.6. The Morgan fingerprint density at radius 2 is 1.72 bits per heavy atom. The lowest BCUT2D eigenvalue weighted by Gasteiger charge is -2.13. The predicted octanol–water partition coefficient (Wildman–Crippen LogP) is 3.67. The minimum absolute atomic E-state index is 0.0105. The molecule has 0 bridgehead atoms. The molecule has 1 aliphatic heterocycles. The van der Waals surface area contributed by atoms with Crippen LogP contribution in [0.15, 0.2) is 66.9 Å². The number of non-ortho nitro benzene ring substituents is 1. The number of fused-ring (bicyclic) bond motifs is 1. The van der Waals surface area contributed by atoms with Crippen LogP contribution < -0.4 is 5.32 Å². The Balaban J connectivity index is 1.31. The first-order valence-electron chi connectivity index (χ1n) is 9.90. The van der Waals surface area contributed by atoms with Gasteiger partial charge in [0.15, 0.2) is 0 Å². The number of nitrogens with zero attached hydrogens (tertiary/aromatic N) is 3. The molecule has 0 saturated carbocycles. The molecule has 3 amide bonds. The summed E-state index contributed by atoms with van der Waals surface area (Å²) < 4.78 is 0. The lowest BCUT2D eigenvalue weighted by atomic mass is 10.1. The number of amides is 3. The summed E-state index contributed by atoms with van der Waals surface area (Å²) in [5.41, 5.74) is 1.83. The topological polar surface area (TPSA) is 123 Å². The zero-order valence-corrected chi connectivity index (χ0v) is 16.9. The molecule has 4 rings (SSSR count). The Morgan fingerprint density at radius 3 is 2.41 bits per heavy atom. The van der Waals surface area contributed by atoms with Crippen LogP contribution in [0.1, 0.15) is 33.6 Å². The maximum atomic E-state index is 12.5. The number of carbonyl (C=O) groups excluding carboxylic acids is 3.